The number of hydrogen-bond donors (Lipinski definition) is 1. The Hall–Kier alpha value is -2.35. The van der Waals surface area contributed by atoms with E-state index in [0.717, 1.165) is 11.8 Å². The SMILES string of the molecule is CSCc1c(C(C#N)=C2CCCO2)c(C(F)F)nc(C(F)(F)F)c1C(=O)O. The Kier molecular flexibility index (Phi) is 6.30. The van der Waals surface area contributed by atoms with Crippen molar-refractivity contribution in [1.82, 2.24) is 4.98 Å². The molecule has 27 heavy (non-hydrogen) atoms. The average molecular weight is 408 g/mol. The van der Waals surface area contributed by atoms with E-state index >= 15 is 0 Å². The van der Waals surface area contributed by atoms with Gasteiger partial charge in [0.2, 0.25) is 0 Å². The van der Waals surface area contributed by atoms with Crippen LogP contribution in [0.5, 0.6) is 0 Å². The van der Waals surface area contributed by atoms with Crippen molar-refractivity contribution in [2.24, 2.45) is 0 Å². The molecule has 5 nitrogen and oxygen atoms in total. The summed E-state index contributed by atoms with van der Waals surface area (Å²) in [5.41, 5.74) is -5.95. The number of hydrogen-bond acceptors (Lipinski definition) is 5. The number of alkyl halides is 5. The Bertz CT molecular complexity index is 823. The highest BCUT2D eigenvalue weighted by Crippen LogP contribution is 2.41. The first-order chi connectivity index (χ1) is 12.6. The standard InChI is InChI=1S/C16H13F5N2O3S/c1-27-6-8-10(7(5-22)9-3-2-4-26-9)12(14(17)18)23-13(16(19,20)21)11(8)15(24)25/h14H,2-4,6H2,1H3,(H,24,25). The maximum absolute atomic E-state index is 13.6. The van der Waals surface area contributed by atoms with Crippen LogP contribution in [0.4, 0.5) is 22.0 Å². The second-order valence-electron chi connectivity index (χ2n) is 5.47. The van der Waals surface area contributed by atoms with Crippen molar-refractivity contribution in [2.75, 3.05) is 12.9 Å². The molecule has 0 spiro atoms. The maximum Gasteiger partial charge on any atom is 0.434 e. The minimum Gasteiger partial charge on any atom is -0.497 e. The first-order valence-electron chi connectivity index (χ1n) is 7.54. The molecule has 0 saturated carbocycles. The number of carboxylic acid groups (broad SMARTS) is 1. The van der Waals surface area contributed by atoms with Gasteiger partial charge in [0.25, 0.3) is 6.43 Å². The average Bonchev–Trinajstić information content (AvgIpc) is 3.09. The quantitative estimate of drug-likeness (QED) is 0.564. The molecule has 1 N–H and O–H groups in total. The van der Waals surface area contributed by atoms with E-state index in [1.165, 1.54) is 6.26 Å². The lowest BCUT2D eigenvalue weighted by molar-refractivity contribution is -0.142. The summed E-state index contributed by atoms with van der Waals surface area (Å²) in [6.45, 7) is 0.224. The van der Waals surface area contributed by atoms with Crippen molar-refractivity contribution in [3.8, 4) is 6.07 Å². The third-order valence-electron chi connectivity index (χ3n) is 3.77. The van der Waals surface area contributed by atoms with Gasteiger partial charge in [0.05, 0.1) is 17.7 Å². The molecule has 0 aromatic carbocycles. The van der Waals surface area contributed by atoms with Crippen molar-refractivity contribution in [2.45, 2.75) is 31.2 Å². The van der Waals surface area contributed by atoms with Crippen LogP contribution in [0.1, 0.15) is 52.1 Å². The number of halogens is 5. The molecule has 0 radical (unpaired) electrons. The number of carboxylic acids is 1. The highest BCUT2D eigenvalue weighted by Gasteiger charge is 2.42. The van der Waals surface area contributed by atoms with Gasteiger partial charge in [-0.15, -0.1) is 0 Å². The molecule has 0 amide bonds. The van der Waals surface area contributed by atoms with E-state index in [9.17, 15) is 37.1 Å². The van der Waals surface area contributed by atoms with E-state index in [2.05, 4.69) is 4.98 Å². The monoisotopic (exact) mass is 408 g/mol. The molecular weight excluding hydrogens is 395 g/mol. The molecule has 0 bridgehead atoms. The van der Waals surface area contributed by atoms with Crippen molar-refractivity contribution < 1.29 is 36.6 Å². The zero-order chi connectivity index (χ0) is 20.4. The lowest BCUT2D eigenvalue weighted by Gasteiger charge is -2.20. The summed E-state index contributed by atoms with van der Waals surface area (Å²) in [6, 6.07) is 1.68. The Morgan fingerprint density at radius 1 is 1.41 bits per heavy atom. The van der Waals surface area contributed by atoms with Gasteiger partial charge in [-0.25, -0.2) is 18.6 Å². The Morgan fingerprint density at radius 3 is 2.48 bits per heavy atom. The smallest absolute Gasteiger partial charge is 0.434 e. The number of aromatic carboxylic acids is 1. The lowest BCUT2D eigenvalue weighted by Crippen LogP contribution is -2.21. The van der Waals surface area contributed by atoms with Crippen LogP contribution in [0.15, 0.2) is 5.76 Å². The summed E-state index contributed by atoms with van der Waals surface area (Å²) in [6.07, 6.45) is -6.51. The molecule has 0 atom stereocenters. The van der Waals surface area contributed by atoms with Crippen LogP contribution in [0.3, 0.4) is 0 Å². The number of nitriles is 1. The minimum atomic E-state index is -5.26. The van der Waals surface area contributed by atoms with E-state index in [0.29, 0.717) is 6.42 Å². The zero-order valence-electron chi connectivity index (χ0n) is 13.9. The molecule has 0 unspecified atom stereocenters. The predicted molar refractivity (Wildman–Crippen MR) is 86.1 cm³/mol. The van der Waals surface area contributed by atoms with Gasteiger partial charge < -0.3 is 9.84 Å². The molecule has 11 heteroatoms. The van der Waals surface area contributed by atoms with Crippen LogP contribution in [-0.4, -0.2) is 28.9 Å². The van der Waals surface area contributed by atoms with E-state index in [4.69, 9.17) is 4.74 Å². The van der Waals surface area contributed by atoms with Gasteiger partial charge in [0, 0.05) is 17.7 Å². The Morgan fingerprint density at radius 2 is 2.07 bits per heavy atom. The Labute approximate surface area is 154 Å². The fourth-order valence-electron chi connectivity index (χ4n) is 2.77. The summed E-state index contributed by atoms with van der Waals surface area (Å²) in [4.78, 5) is 14.5. The highest BCUT2D eigenvalue weighted by atomic mass is 32.2. The summed E-state index contributed by atoms with van der Waals surface area (Å²) in [5.74, 6) is -2.25. The van der Waals surface area contributed by atoms with Crippen LogP contribution < -0.4 is 0 Å². The number of ether oxygens (including phenoxy) is 1. The largest absolute Gasteiger partial charge is 0.497 e. The van der Waals surface area contributed by atoms with Gasteiger partial charge in [-0.1, -0.05) is 0 Å². The van der Waals surface area contributed by atoms with Crippen LogP contribution >= 0.6 is 11.8 Å². The van der Waals surface area contributed by atoms with Crippen LogP contribution in [-0.2, 0) is 16.7 Å². The van der Waals surface area contributed by atoms with Gasteiger partial charge in [-0.05, 0) is 18.2 Å². The van der Waals surface area contributed by atoms with E-state index in [1.807, 2.05) is 0 Å². The normalized spacial score (nSPS) is 16.2. The number of allylic oxidation sites excluding steroid dienone is 2. The van der Waals surface area contributed by atoms with E-state index in [1.54, 1.807) is 6.07 Å². The molecule has 1 aliphatic rings. The Balaban J connectivity index is 3.01. The molecule has 1 aliphatic heterocycles. The van der Waals surface area contributed by atoms with Gasteiger partial charge in [-0.2, -0.15) is 30.2 Å². The van der Waals surface area contributed by atoms with E-state index < -0.39 is 52.2 Å². The van der Waals surface area contributed by atoms with Crippen molar-refractivity contribution >= 4 is 23.3 Å². The number of carbonyl (C=O) groups is 1. The van der Waals surface area contributed by atoms with Gasteiger partial charge >= 0.3 is 12.1 Å². The highest BCUT2D eigenvalue weighted by molar-refractivity contribution is 7.97. The summed E-state index contributed by atoms with van der Waals surface area (Å²) >= 11 is 0.934. The number of aromatic nitrogens is 1. The van der Waals surface area contributed by atoms with Gasteiger partial charge in [0.15, 0.2) is 5.69 Å². The van der Waals surface area contributed by atoms with Crippen LogP contribution in [0.2, 0.25) is 0 Å². The summed E-state index contributed by atoms with van der Waals surface area (Å²) in [7, 11) is 0. The maximum atomic E-state index is 13.6. The summed E-state index contributed by atoms with van der Waals surface area (Å²) in [5, 5.41) is 18.8. The lowest BCUT2D eigenvalue weighted by atomic mass is 9.92. The fourth-order valence-corrected chi connectivity index (χ4v) is 3.35. The van der Waals surface area contributed by atoms with E-state index in [-0.39, 0.29) is 24.5 Å². The third kappa shape index (κ3) is 4.16. The molecule has 2 heterocycles. The second kappa shape index (κ2) is 8.12. The van der Waals surface area contributed by atoms with Crippen molar-refractivity contribution in [3.05, 3.63) is 33.8 Å². The molecule has 0 aliphatic carbocycles. The zero-order valence-corrected chi connectivity index (χ0v) is 14.7. The minimum absolute atomic E-state index is 0.0413. The molecule has 1 aromatic rings. The first kappa shape index (κ1) is 21.0. The molecule has 1 aromatic heterocycles. The molecule has 2 rings (SSSR count). The number of rotatable bonds is 5. The van der Waals surface area contributed by atoms with Gasteiger partial charge in [0.1, 0.15) is 17.5 Å². The topological polar surface area (TPSA) is 83.2 Å². The number of nitrogens with zero attached hydrogens (tertiary/aromatic N) is 2. The van der Waals surface area contributed by atoms with Crippen molar-refractivity contribution in [1.29, 1.82) is 5.26 Å². The predicted octanol–water partition coefficient (Wildman–Crippen LogP) is 4.64. The molecule has 146 valence electrons. The van der Waals surface area contributed by atoms with Gasteiger partial charge in [-0.3, -0.25) is 0 Å². The summed E-state index contributed by atoms with van der Waals surface area (Å²) < 4.78 is 72.3. The molecule has 1 fully saturated rings. The first-order valence-corrected chi connectivity index (χ1v) is 8.93. The fraction of sp³-hybridized carbons (Fsp3) is 0.438. The third-order valence-corrected chi connectivity index (χ3v) is 4.35. The number of thioether (sulfide) groups is 1. The second-order valence-corrected chi connectivity index (χ2v) is 6.34. The van der Waals surface area contributed by atoms with Crippen LogP contribution in [0.25, 0.3) is 5.57 Å². The number of pyridine rings is 1. The molecular formula is C16H13F5N2O3S. The van der Waals surface area contributed by atoms with Crippen LogP contribution in [0, 0.1) is 11.3 Å². The van der Waals surface area contributed by atoms with Crippen molar-refractivity contribution in [3.63, 3.8) is 0 Å². The molecule has 1 saturated heterocycles.